The van der Waals surface area contributed by atoms with Crippen LogP contribution in [0.25, 0.3) is 0 Å². The van der Waals surface area contributed by atoms with E-state index in [1.165, 1.54) is 0 Å². The van der Waals surface area contributed by atoms with Crippen molar-refractivity contribution in [3.8, 4) is 0 Å². The molecule has 2 rings (SSSR count). The smallest absolute Gasteiger partial charge is 0.269 e. The molecule has 1 aliphatic heterocycles. The van der Waals surface area contributed by atoms with Crippen molar-refractivity contribution in [3.05, 3.63) is 23.7 Å². The Bertz CT molecular complexity index is 583. The lowest BCUT2D eigenvalue weighted by Crippen LogP contribution is -2.37. The van der Waals surface area contributed by atoms with Crippen LogP contribution in [0.15, 0.2) is 25.3 Å². The lowest BCUT2D eigenvalue weighted by atomic mass is 10.4. The molecule has 0 aliphatic carbocycles. The van der Waals surface area contributed by atoms with Crippen molar-refractivity contribution >= 4 is 34.6 Å². The second-order valence-electron chi connectivity index (χ2n) is 4.95. The first kappa shape index (κ1) is 17.0. The van der Waals surface area contributed by atoms with E-state index >= 15 is 0 Å². The summed E-state index contributed by atoms with van der Waals surface area (Å²) < 4.78 is 24.7. The Morgan fingerprint density at radius 1 is 1.27 bits per heavy atom. The fraction of sp³-hybridized carbons (Fsp3) is 0.538. The molecule has 0 bridgehead atoms. The number of rotatable bonds is 7. The molecule has 0 fully saturated rings. The van der Waals surface area contributed by atoms with Gasteiger partial charge in [-0.15, -0.1) is 8.80 Å². The minimum atomic E-state index is -1.50. The highest BCUT2D eigenvalue weighted by atomic mass is 32.2. The maximum Gasteiger partial charge on any atom is 0.269 e. The molecular formula is C13H21N5O2S2. The van der Waals surface area contributed by atoms with Crippen molar-refractivity contribution in [2.45, 2.75) is 12.3 Å². The van der Waals surface area contributed by atoms with E-state index in [9.17, 15) is 4.21 Å². The molecule has 0 saturated carbocycles. The molecule has 122 valence electrons. The molecule has 2 N–H and O–H groups in total. The standard InChI is InChI=1S/C13H21N5O2S2/c1-14-12-13(17-22(19)16-12)15-6-7-21-9-11-5-4-10(20-11)8-18(2)3/h4-5H,6-9H2,1-3H3,(H,14,16)(H,15,17). The normalized spacial score (nSPS) is 17.5. The quantitative estimate of drug-likeness (QED) is 0.712. The first-order valence-electron chi connectivity index (χ1n) is 6.90. The third-order valence-electron chi connectivity index (χ3n) is 2.77. The maximum absolute atomic E-state index is 11.2. The number of nitrogens with zero attached hydrogens (tertiary/aromatic N) is 3. The number of hydrogen-bond donors (Lipinski definition) is 2. The summed E-state index contributed by atoms with van der Waals surface area (Å²) in [4.78, 5) is 2.08. The van der Waals surface area contributed by atoms with Crippen LogP contribution < -0.4 is 10.6 Å². The molecule has 1 aliphatic rings. The molecular weight excluding hydrogens is 322 g/mol. The first-order valence-corrected chi connectivity index (χ1v) is 9.11. The molecule has 7 nitrogen and oxygen atoms in total. The van der Waals surface area contributed by atoms with Gasteiger partial charge in [0.05, 0.1) is 12.3 Å². The largest absolute Gasteiger partial charge is 0.464 e. The van der Waals surface area contributed by atoms with Gasteiger partial charge in [0.25, 0.3) is 11.2 Å². The van der Waals surface area contributed by atoms with Crippen LogP contribution >= 0.6 is 11.8 Å². The van der Waals surface area contributed by atoms with Crippen molar-refractivity contribution in [2.75, 3.05) is 33.4 Å². The van der Waals surface area contributed by atoms with Crippen molar-refractivity contribution in [1.29, 1.82) is 0 Å². The van der Waals surface area contributed by atoms with Gasteiger partial charge in [-0.25, -0.2) is 4.21 Å². The monoisotopic (exact) mass is 343 g/mol. The van der Waals surface area contributed by atoms with E-state index < -0.39 is 11.2 Å². The summed E-state index contributed by atoms with van der Waals surface area (Å²) in [7, 11) is 5.77. The second-order valence-corrected chi connectivity index (χ2v) is 6.88. The third kappa shape index (κ3) is 5.15. The molecule has 0 aromatic carbocycles. The number of hydrogen-bond acceptors (Lipinski definition) is 6. The predicted octanol–water partition coefficient (Wildman–Crippen LogP) is 0.773. The highest BCUT2D eigenvalue weighted by Gasteiger charge is 2.16. The summed E-state index contributed by atoms with van der Waals surface area (Å²) in [5.41, 5.74) is 0. The zero-order chi connectivity index (χ0) is 15.9. The van der Waals surface area contributed by atoms with E-state index in [1.807, 2.05) is 26.2 Å². The van der Waals surface area contributed by atoms with E-state index in [0.29, 0.717) is 11.7 Å². The van der Waals surface area contributed by atoms with Gasteiger partial charge in [0, 0.05) is 19.3 Å². The Morgan fingerprint density at radius 3 is 2.73 bits per heavy atom. The molecule has 9 heteroatoms. The van der Waals surface area contributed by atoms with Crippen molar-refractivity contribution < 1.29 is 8.63 Å². The molecule has 1 unspecified atom stereocenters. The minimum Gasteiger partial charge on any atom is -0.464 e. The molecule has 1 atom stereocenters. The number of furan rings is 1. The van der Waals surface area contributed by atoms with Crippen molar-refractivity contribution in [1.82, 2.24) is 15.5 Å². The zero-order valence-corrected chi connectivity index (χ0v) is 14.6. The number of nitrogens with one attached hydrogen (secondary N) is 2. The van der Waals surface area contributed by atoms with Crippen molar-refractivity contribution in [3.63, 3.8) is 0 Å². The molecule has 22 heavy (non-hydrogen) atoms. The fourth-order valence-corrected chi connectivity index (χ4v) is 3.28. The van der Waals surface area contributed by atoms with Gasteiger partial charge in [0.1, 0.15) is 11.5 Å². The lowest BCUT2D eigenvalue weighted by Gasteiger charge is -2.07. The first-order chi connectivity index (χ1) is 10.6. The molecule has 1 aromatic rings. The van der Waals surface area contributed by atoms with Gasteiger partial charge in [-0.3, -0.25) is 0 Å². The van der Waals surface area contributed by atoms with Gasteiger partial charge in [-0.1, -0.05) is 0 Å². The van der Waals surface area contributed by atoms with Gasteiger partial charge in [0.15, 0.2) is 11.7 Å². The van der Waals surface area contributed by atoms with Gasteiger partial charge >= 0.3 is 0 Å². The van der Waals surface area contributed by atoms with Gasteiger partial charge in [0.2, 0.25) is 0 Å². The maximum atomic E-state index is 11.2. The SMILES string of the molecule is CNC1=NS(=O)N=C1NCCSCc1ccc(CN(C)C)o1. The Balaban J connectivity index is 1.65. The molecule has 1 aromatic heterocycles. The summed E-state index contributed by atoms with van der Waals surface area (Å²) in [5.74, 6) is 4.80. The Morgan fingerprint density at radius 2 is 2.00 bits per heavy atom. The van der Waals surface area contributed by atoms with E-state index in [4.69, 9.17) is 4.42 Å². The van der Waals surface area contributed by atoms with Crippen LogP contribution in [0.3, 0.4) is 0 Å². The van der Waals surface area contributed by atoms with E-state index in [0.717, 1.165) is 36.1 Å². The van der Waals surface area contributed by atoms with E-state index in [1.54, 1.807) is 18.8 Å². The van der Waals surface area contributed by atoms with Crippen LogP contribution in [-0.2, 0) is 23.5 Å². The predicted molar refractivity (Wildman–Crippen MR) is 92.3 cm³/mol. The highest BCUT2D eigenvalue weighted by Crippen LogP contribution is 2.15. The zero-order valence-electron chi connectivity index (χ0n) is 13.0. The second kappa shape index (κ2) is 8.35. The summed E-state index contributed by atoms with van der Waals surface area (Å²) >= 11 is 0.274. The number of thioether (sulfide) groups is 1. The van der Waals surface area contributed by atoms with E-state index in [2.05, 4.69) is 24.3 Å². The Labute approximate surface area is 137 Å². The molecule has 0 spiro atoms. The lowest BCUT2D eigenvalue weighted by molar-refractivity contribution is 0.344. The molecule has 2 heterocycles. The number of likely N-dealkylation sites (N-methyl/N-ethyl adjacent to an activating group) is 1. The van der Waals surface area contributed by atoms with Crippen LogP contribution in [0.4, 0.5) is 0 Å². The van der Waals surface area contributed by atoms with Gasteiger partial charge in [-0.05, 0) is 26.2 Å². The average molecular weight is 343 g/mol. The number of amidine groups is 2. The molecule has 0 radical (unpaired) electrons. The van der Waals surface area contributed by atoms with Crippen LogP contribution in [-0.4, -0.2) is 54.2 Å². The Kier molecular flexibility index (Phi) is 6.47. The van der Waals surface area contributed by atoms with Crippen LogP contribution in [0, 0.1) is 0 Å². The summed E-state index contributed by atoms with van der Waals surface area (Å²) in [6, 6.07) is 4.04. The summed E-state index contributed by atoms with van der Waals surface area (Å²) in [5, 5.41) is 6.00. The van der Waals surface area contributed by atoms with Gasteiger partial charge in [-0.2, -0.15) is 11.8 Å². The van der Waals surface area contributed by atoms with Gasteiger partial charge < -0.3 is 20.0 Å². The van der Waals surface area contributed by atoms with Crippen LogP contribution in [0.5, 0.6) is 0 Å². The van der Waals surface area contributed by atoms with Crippen LogP contribution in [0.1, 0.15) is 11.5 Å². The molecule has 0 amide bonds. The van der Waals surface area contributed by atoms with Crippen molar-refractivity contribution in [2.24, 2.45) is 8.80 Å². The fourth-order valence-electron chi connectivity index (χ4n) is 1.85. The molecule has 0 saturated heterocycles. The third-order valence-corrected chi connectivity index (χ3v) is 4.43. The van der Waals surface area contributed by atoms with E-state index in [-0.39, 0.29) is 0 Å². The van der Waals surface area contributed by atoms with Crippen LogP contribution in [0.2, 0.25) is 0 Å². The Hall–Kier alpha value is -1.32. The highest BCUT2D eigenvalue weighted by molar-refractivity contribution is 7.98. The topological polar surface area (TPSA) is 82.2 Å². The minimum absolute atomic E-state index is 0.544. The average Bonchev–Trinajstić information content (AvgIpc) is 3.04. The summed E-state index contributed by atoms with van der Waals surface area (Å²) in [6.07, 6.45) is 0. The summed E-state index contributed by atoms with van der Waals surface area (Å²) in [6.45, 7) is 1.54.